The zero-order chi connectivity index (χ0) is 14.0. The molecule has 0 bridgehead atoms. The Morgan fingerprint density at radius 2 is 2.16 bits per heavy atom. The topological polar surface area (TPSA) is 68.1 Å². The van der Waals surface area contributed by atoms with E-state index in [1.165, 1.54) is 11.3 Å². The molecule has 0 spiro atoms. The Kier molecular flexibility index (Phi) is 3.99. The molecule has 0 amide bonds. The van der Waals surface area contributed by atoms with Gasteiger partial charge in [-0.3, -0.25) is 10.1 Å². The first-order valence-corrected chi connectivity index (χ1v) is 7.14. The molecule has 1 heterocycles. The molecule has 19 heavy (non-hydrogen) atoms. The molecule has 0 radical (unpaired) electrons. The van der Waals surface area contributed by atoms with Crippen LogP contribution in [0.25, 0.3) is 10.2 Å². The Balaban J connectivity index is 2.36. The molecule has 0 fully saturated rings. The van der Waals surface area contributed by atoms with Gasteiger partial charge in [0.25, 0.3) is 0 Å². The monoisotopic (exact) mass is 279 g/mol. The first kappa shape index (κ1) is 13.7. The first-order valence-electron chi connectivity index (χ1n) is 6.26. The van der Waals surface area contributed by atoms with Crippen molar-refractivity contribution in [2.45, 2.75) is 33.2 Å². The fraction of sp³-hybridized carbons (Fsp3) is 0.462. The van der Waals surface area contributed by atoms with Gasteiger partial charge in [0.05, 0.1) is 15.1 Å². The molecule has 1 unspecified atom stereocenters. The molecule has 0 saturated heterocycles. The van der Waals surface area contributed by atoms with Crippen LogP contribution in [0.3, 0.4) is 0 Å². The standard InChI is InChI=1S/C13H17N3O2S/c1-8(2)6-9(3)15-10-4-5-11-12(14-7-19-11)13(10)16(17)18/h4-5,7-9,15H,6H2,1-3H3. The molecular formula is C13H17N3O2S. The van der Waals surface area contributed by atoms with E-state index in [1.807, 2.05) is 13.0 Å². The summed E-state index contributed by atoms with van der Waals surface area (Å²) in [6.45, 7) is 6.31. The third kappa shape index (κ3) is 3.01. The van der Waals surface area contributed by atoms with E-state index in [4.69, 9.17) is 0 Å². The van der Waals surface area contributed by atoms with Crippen LogP contribution in [0.15, 0.2) is 17.6 Å². The molecule has 5 nitrogen and oxygen atoms in total. The second-order valence-electron chi connectivity index (χ2n) is 5.09. The molecule has 0 aliphatic heterocycles. The Morgan fingerprint density at radius 3 is 2.79 bits per heavy atom. The number of benzene rings is 1. The molecule has 1 aromatic heterocycles. The summed E-state index contributed by atoms with van der Waals surface area (Å²) in [6.07, 6.45) is 0.965. The highest BCUT2D eigenvalue weighted by Crippen LogP contribution is 2.34. The van der Waals surface area contributed by atoms with Gasteiger partial charge in [-0.25, -0.2) is 4.98 Å². The molecule has 6 heteroatoms. The molecular weight excluding hydrogens is 262 g/mol. The van der Waals surface area contributed by atoms with Gasteiger partial charge in [0, 0.05) is 6.04 Å². The molecule has 1 aromatic carbocycles. The van der Waals surface area contributed by atoms with Gasteiger partial charge >= 0.3 is 5.69 Å². The van der Waals surface area contributed by atoms with E-state index >= 15 is 0 Å². The van der Waals surface area contributed by atoms with E-state index in [0.717, 1.165) is 11.1 Å². The molecule has 1 atom stereocenters. The summed E-state index contributed by atoms with van der Waals surface area (Å²) < 4.78 is 0.841. The van der Waals surface area contributed by atoms with Crippen LogP contribution in [0.2, 0.25) is 0 Å². The quantitative estimate of drug-likeness (QED) is 0.662. The van der Waals surface area contributed by atoms with Crippen molar-refractivity contribution >= 4 is 32.9 Å². The summed E-state index contributed by atoms with van der Waals surface area (Å²) in [7, 11) is 0. The summed E-state index contributed by atoms with van der Waals surface area (Å²) >= 11 is 1.41. The molecule has 1 N–H and O–H groups in total. The summed E-state index contributed by atoms with van der Waals surface area (Å²) in [5.74, 6) is 0.546. The number of rotatable bonds is 5. The largest absolute Gasteiger partial charge is 0.377 e. The summed E-state index contributed by atoms with van der Waals surface area (Å²) in [5.41, 5.74) is 2.74. The maximum absolute atomic E-state index is 11.3. The predicted molar refractivity (Wildman–Crippen MR) is 78.8 cm³/mol. The highest BCUT2D eigenvalue weighted by molar-refractivity contribution is 7.16. The zero-order valence-corrected chi connectivity index (χ0v) is 12.0. The number of nitrogens with zero attached hydrogens (tertiary/aromatic N) is 2. The second-order valence-corrected chi connectivity index (χ2v) is 5.98. The summed E-state index contributed by atoms with van der Waals surface area (Å²) in [4.78, 5) is 15.0. The lowest BCUT2D eigenvalue weighted by molar-refractivity contribution is -0.382. The van der Waals surface area contributed by atoms with E-state index < -0.39 is 0 Å². The number of anilines is 1. The summed E-state index contributed by atoms with van der Waals surface area (Å²) in [5, 5.41) is 14.5. The SMILES string of the molecule is CC(C)CC(C)Nc1ccc2scnc2c1[N+](=O)[O-]. The van der Waals surface area contributed by atoms with Crippen LogP contribution in [0.5, 0.6) is 0 Å². The number of nitrogens with one attached hydrogen (secondary N) is 1. The van der Waals surface area contributed by atoms with Crippen LogP contribution in [-0.2, 0) is 0 Å². The molecule has 0 saturated carbocycles. The van der Waals surface area contributed by atoms with E-state index in [-0.39, 0.29) is 16.7 Å². The Hall–Kier alpha value is -1.69. The normalized spacial score (nSPS) is 12.8. The van der Waals surface area contributed by atoms with E-state index in [0.29, 0.717) is 17.1 Å². The third-order valence-corrected chi connectivity index (χ3v) is 3.68. The Labute approximate surface area is 115 Å². The smallest absolute Gasteiger partial charge is 0.319 e. The second kappa shape index (κ2) is 5.52. The van der Waals surface area contributed by atoms with Crippen LogP contribution in [0.4, 0.5) is 11.4 Å². The lowest BCUT2D eigenvalue weighted by Crippen LogP contribution is -2.18. The van der Waals surface area contributed by atoms with Crippen molar-refractivity contribution in [1.82, 2.24) is 4.98 Å². The number of nitro benzene ring substituents is 1. The van der Waals surface area contributed by atoms with Crippen LogP contribution in [-0.4, -0.2) is 15.9 Å². The van der Waals surface area contributed by atoms with Crippen molar-refractivity contribution in [3.8, 4) is 0 Å². The maximum Gasteiger partial charge on any atom is 0.319 e. The molecule has 102 valence electrons. The highest BCUT2D eigenvalue weighted by atomic mass is 32.1. The summed E-state index contributed by atoms with van der Waals surface area (Å²) in [6, 6.07) is 3.84. The van der Waals surface area contributed by atoms with Gasteiger partial charge in [-0.05, 0) is 31.4 Å². The van der Waals surface area contributed by atoms with Gasteiger partial charge in [0.1, 0.15) is 5.69 Å². The van der Waals surface area contributed by atoms with Gasteiger partial charge in [-0.1, -0.05) is 13.8 Å². The van der Waals surface area contributed by atoms with Crippen molar-refractivity contribution in [1.29, 1.82) is 0 Å². The van der Waals surface area contributed by atoms with Crippen LogP contribution < -0.4 is 5.32 Å². The highest BCUT2D eigenvalue weighted by Gasteiger charge is 2.21. The van der Waals surface area contributed by atoms with Crippen molar-refractivity contribution in [2.75, 3.05) is 5.32 Å². The Morgan fingerprint density at radius 1 is 1.42 bits per heavy atom. The van der Waals surface area contributed by atoms with Gasteiger partial charge < -0.3 is 5.32 Å². The number of hydrogen-bond acceptors (Lipinski definition) is 5. The average molecular weight is 279 g/mol. The molecule has 2 aromatic rings. The molecule has 2 rings (SSSR count). The zero-order valence-electron chi connectivity index (χ0n) is 11.2. The number of nitro groups is 1. The van der Waals surface area contributed by atoms with Crippen LogP contribution in [0.1, 0.15) is 27.2 Å². The lowest BCUT2D eigenvalue weighted by atomic mass is 10.0. The van der Waals surface area contributed by atoms with Crippen molar-refractivity contribution in [2.24, 2.45) is 5.92 Å². The maximum atomic E-state index is 11.3. The van der Waals surface area contributed by atoms with Crippen molar-refractivity contribution in [3.63, 3.8) is 0 Å². The number of thiazole rings is 1. The minimum absolute atomic E-state index is 0.0781. The fourth-order valence-electron chi connectivity index (χ4n) is 2.25. The number of fused-ring (bicyclic) bond motifs is 1. The first-order chi connectivity index (χ1) is 8.99. The van der Waals surface area contributed by atoms with E-state index in [1.54, 1.807) is 11.6 Å². The van der Waals surface area contributed by atoms with Crippen molar-refractivity contribution in [3.05, 3.63) is 27.8 Å². The van der Waals surface area contributed by atoms with Gasteiger partial charge in [-0.2, -0.15) is 0 Å². The fourth-order valence-corrected chi connectivity index (χ4v) is 2.93. The van der Waals surface area contributed by atoms with Crippen LogP contribution in [0, 0.1) is 16.0 Å². The predicted octanol–water partition coefficient (Wildman–Crippen LogP) is 4.05. The minimum atomic E-state index is -0.355. The van der Waals surface area contributed by atoms with E-state index in [2.05, 4.69) is 24.1 Å². The lowest BCUT2D eigenvalue weighted by Gasteiger charge is -2.17. The molecule has 0 aliphatic carbocycles. The average Bonchev–Trinajstić information content (AvgIpc) is 2.74. The number of aromatic nitrogens is 1. The van der Waals surface area contributed by atoms with Crippen LogP contribution >= 0.6 is 11.3 Å². The number of hydrogen-bond donors (Lipinski definition) is 1. The van der Waals surface area contributed by atoms with E-state index in [9.17, 15) is 10.1 Å². The van der Waals surface area contributed by atoms with Gasteiger partial charge in [-0.15, -0.1) is 11.3 Å². The van der Waals surface area contributed by atoms with Gasteiger partial charge in [0.2, 0.25) is 0 Å². The third-order valence-electron chi connectivity index (χ3n) is 2.89. The molecule has 0 aliphatic rings. The van der Waals surface area contributed by atoms with Crippen molar-refractivity contribution < 1.29 is 4.92 Å². The Bertz CT molecular complexity index is 595. The van der Waals surface area contributed by atoms with Gasteiger partial charge in [0.15, 0.2) is 5.52 Å². The minimum Gasteiger partial charge on any atom is -0.377 e.